The Hall–Kier alpha value is -3.21. The molecule has 1 aromatic carbocycles. The molecule has 154 valence electrons. The van der Waals surface area contributed by atoms with Crippen LogP contribution in [-0.4, -0.2) is 53.3 Å². The average molecular weight is 407 g/mol. The van der Waals surface area contributed by atoms with E-state index < -0.39 is 37.1 Å². The van der Waals surface area contributed by atoms with E-state index in [1.165, 1.54) is 6.20 Å². The fraction of sp³-hybridized carbons (Fsp3) is 0.389. The third-order valence-corrected chi connectivity index (χ3v) is 4.75. The summed E-state index contributed by atoms with van der Waals surface area (Å²) in [7, 11) is 0. The number of alkyl halides is 2. The van der Waals surface area contributed by atoms with Crippen molar-refractivity contribution in [3.8, 4) is 17.1 Å². The molecule has 9 nitrogen and oxygen atoms in total. The lowest BCUT2D eigenvalue weighted by Gasteiger charge is -2.19. The Bertz CT molecular complexity index is 964. The highest BCUT2D eigenvalue weighted by Gasteiger charge is 2.41. The number of primary amides is 1. The largest absolute Gasteiger partial charge is 0.491 e. The minimum Gasteiger partial charge on any atom is -0.491 e. The predicted octanol–water partition coefficient (Wildman–Crippen LogP) is 1.18. The van der Waals surface area contributed by atoms with Crippen molar-refractivity contribution in [2.75, 3.05) is 23.4 Å². The molecule has 3 heterocycles. The number of nitrogens with one attached hydrogen (secondary N) is 1. The lowest BCUT2D eigenvalue weighted by atomic mass is 10.1. The number of anilines is 2. The van der Waals surface area contributed by atoms with E-state index in [1.807, 2.05) is 0 Å². The molecular formula is C18H19F2N5O4. The van der Waals surface area contributed by atoms with Crippen LogP contribution in [0.1, 0.15) is 6.92 Å². The summed E-state index contributed by atoms with van der Waals surface area (Å²) in [5.74, 6) is 0.0315. The van der Waals surface area contributed by atoms with Gasteiger partial charge in [0, 0.05) is 18.0 Å². The highest BCUT2D eigenvalue weighted by molar-refractivity contribution is 5.95. The molecule has 2 aliphatic rings. The van der Waals surface area contributed by atoms with Crippen LogP contribution >= 0.6 is 0 Å². The lowest BCUT2D eigenvalue weighted by Crippen LogP contribution is -2.38. The second-order valence-electron chi connectivity index (χ2n) is 6.74. The van der Waals surface area contributed by atoms with E-state index in [0.717, 1.165) is 4.90 Å². The van der Waals surface area contributed by atoms with Crippen LogP contribution in [0.25, 0.3) is 11.4 Å². The van der Waals surface area contributed by atoms with Crippen LogP contribution < -0.4 is 20.7 Å². The van der Waals surface area contributed by atoms with Crippen LogP contribution in [0.15, 0.2) is 24.4 Å². The summed E-state index contributed by atoms with van der Waals surface area (Å²) in [4.78, 5) is 28.6. The van der Waals surface area contributed by atoms with E-state index in [2.05, 4.69) is 10.3 Å². The highest BCUT2D eigenvalue weighted by Crippen LogP contribution is 2.36. The van der Waals surface area contributed by atoms with Crippen LogP contribution in [0.2, 0.25) is 0 Å². The summed E-state index contributed by atoms with van der Waals surface area (Å²) in [6.45, 7) is 1.96. The molecule has 2 amide bonds. The minimum absolute atomic E-state index is 0.102. The van der Waals surface area contributed by atoms with Crippen LogP contribution in [0.3, 0.4) is 0 Å². The molecule has 0 bridgehead atoms. The maximum atomic E-state index is 13.2. The number of ether oxygens (including phenoxy) is 2. The zero-order valence-electron chi connectivity index (χ0n) is 15.5. The molecule has 3 N–H and O–H groups in total. The Balaban J connectivity index is 1.68. The summed E-state index contributed by atoms with van der Waals surface area (Å²) in [6, 6.07) is 4.62. The summed E-state index contributed by atoms with van der Waals surface area (Å²) >= 11 is 0. The first-order chi connectivity index (χ1) is 13.8. The van der Waals surface area contributed by atoms with Gasteiger partial charge in [0.15, 0.2) is 12.0 Å². The summed E-state index contributed by atoms with van der Waals surface area (Å²) < 4.78 is 38.9. The van der Waals surface area contributed by atoms with Crippen molar-refractivity contribution in [3.05, 3.63) is 24.4 Å². The van der Waals surface area contributed by atoms with E-state index in [-0.39, 0.29) is 5.82 Å². The van der Waals surface area contributed by atoms with Crippen molar-refractivity contribution in [2.45, 2.75) is 32.2 Å². The minimum atomic E-state index is -2.85. The van der Waals surface area contributed by atoms with E-state index in [4.69, 9.17) is 15.2 Å². The van der Waals surface area contributed by atoms with Gasteiger partial charge in [-0.2, -0.15) is 0 Å². The van der Waals surface area contributed by atoms with Crippen molar-refractivity contribution < 1.29 is 27.8 Å². The van der Waals surface area contributed by atoms with E-state index >= 15 is 0 Å². The maximum Gasteiger partial charge on any atom is 0.283 e. The fourth-order valence-corrected chi connectivity index (χ4v) is 3.28. The molecular weight excluding hydrogens is 388 g/mol. The number of fused-ring (bicyclic) bond motifs is 3. The number of aromatic nitrogens is 2. The zero-order valence-corrected chi connectivity index (χ0v) is 15.5. The lowest BCUT2D eigenvalue weighted by molar-refractivity contribution is -0.118. The second-order valence-corrected chi connectivity index (χ2v) is 6.74. The SMILES string of the molecule is C[C@H](Nc1ccc2c(c1)OCCn1cc(N3C(=O)CO[C@H]3C(F)F)nc1-2)C(N)=O. The molecule has 1 fully saturated rings. The number of rotatable bonds is 5. The van der Waals surface area contributed by atoms with Gasteiger partial charge in [-0.3, -0.25) is 14.5 Å². The van der Waals surface area contributed by atoms with E-state index in [9.17, 15) is 18.4 Å². The third-order valence-electron chi connectivity index (χ3n) is 4.75. The van der Waals surface area contributed by atoms with Gasteiger partial charge in [-0.25, -0.2) is 13.8 Å². The van der Waals surface area contributed by atoms with Gasteiger partial charge in [0.05, 0.1) is 12.1 Å². The van der Waals surface area contributed by atoms with Gasteiger partial charge in [0.25, 0.3) is 12.3 Å². The Morgan fingerprint density at radius 1 is 1.41 bits per heavy atom. The maximum absolute atomic E-state index is 13.2. The van der Waals surface area contributed by atoms with Crippen molar-refractivity contribution in [3.63, 3.8) is 0 Å². The zero-order chi connectivity index (χ0) is 20.7. The molecule has 0 radical (unpaired) electrons. The normalized spacial score (nSPS) is 19.4. The first-order valence-corrected chi connectivity index (χ1v) is 8.97. The standard InChI is InChI=1S/C18H19F2N5O4/c1-9(16(21)27)22-10-2-3-11-12(6-10)28-5-4-24-7-13(23-17(11)24)25-14(26)8-29-18(25)15(19)20/h2-3,6-7,9,15,18,22H,4-5,8H2,1H3,(H2,21,27)/t9-,18-/m0/s1. The molecule has 0 saturated carbocycles. The van der Waals surface area contributed by atoms with Crippen molar-refractivity contribution in [1.29, 1.82) is 0 Å². The van der Waals surface area contributed by atoms with Crippen LogP contribution in [0.5, 0.6) is 5.75 Å². The molecule has 0 unspecified atom stereocenters. The van der Waals surface area contributed by atoms with Crippen LogP contribution in [0, 0.1) is 0 Å². The number of halogens is 2. The van der Waals surface area contributed by atoms with Gasteiger partial charge >= 0.3 is 0 Å². The van der Waals surface area contributed by atoms with Crippen molar-refractivity contribution >= 4 is 23.3 Å². The fourth-order valence-electron chi connectivity index (χ4n) is 3.28. The second kappa shape index (κ2) is 7.32. The molecule has 0 aliphatic carbocycles. The van der Waals surface area contributed by atoms with E-state index in [1.54, 1.807) is 29.7 Å². The number of carbonyl (C=O) groups is 2. The number of benzene rings is 1. The van der Waals surface area contributed by atoms with E-state index in [0.29, 0.717) is 36.0 Å². The molecule has 2 atom stereocenters. The van der Waals surface area contributed by atoms with Gasteiger partial charge in [0.2, 0.25) is 5.91 Å². The predicted molar refractivity (Wildman–Crippen MR) is 98.7 cm³/mol. The molecule has 11 heteroatoms. The van der Waals surface area contributed by atoms with Crippen molar-refractivity contribution in [1.82, 2.24) is 9.55 Å². The molecule has 0 spiro atoms. The summed E-state index contributed by atoms with van der Waals surface area (Å²) in [5.41, 5.74) is 6.54. The average Bonchev–Trinajstić information content (AvgIpc) is 3.21. The molecule has 1 aromatic heterocycles. The van der Waals surface area contributed by atoms with Gasteiger partial charge in [0.1, 0.15) is 30.8 Å². The smallest absolute Gasteiger partial charge is 0.283 e. The first-order valence-electron chi connectivity index (χ1n) is 8.97. The number of carbonyl (C=O) groups excluding carboxylic acids is 2. The molecule has 29 heavy (non-hydrogen) atoms. The Morgan fingerprint density at radius 3 is 2.93 bits per heavy atom. The topological polar surface area (TPSA) is 112 Å². The summed E-state index contributed by atoms with van der Waals surface area (Å²) in [5, 5.41) is 2.98. The first kappa shape index (κ1) is 19.1. The highest BCUT2D eigenvalue weighted by atomic mass is 19.3. The number of hydrogen-bond donors (Lipinski definition) is 2. The van der Waals surface area contributed by atoms with Crippen LogP contribution in [0.4, 0.5) is 20.3 Å². The quantitative estimate of drug-likeness (QED) is 0.770. The van der Waals surface area contributed by atoms with Crippen molar-refractivity contribution in [2.24, 2.45) is 5.73 Å². The molecule has 4 rings (SSSR count). The van der Waals surface area contributed by atoms with Crippen LogP contribution in [-0.2, 0) is 20.9 Å². The Labute approximate surface area is 164 Å². The number of imidazole rings is 1. The van der Waals surface area contributed by atoms with Gasteiger partial charge in [-0.05, 0) is 19.1 Å². The monoisotopic (exact) mass is 407 g/mol. The number of nitrogens with zero attached hydrogens (tertiary/aromatic N) is 3. The molecule has 2 aliphatic heterocycles. The summed E-state index contributed by atoms with van der Waals surface area (Å²) in [6.07, 6.45) is -2.96. The number of nitrogens with two attached hydrogens (primary N) is 1. The number of hydrogen-bond acceptors (Lipinski definition) is 6. The third kappa shape index (κ3) is 3.48. The number of amides is 2. The Morgan fingerprint density at radius 2 is 2.21 bits per heavy atom. The van der Waals surface area contributed by atoms with Gasteiger partial charge in [-0.15, -0.1) is 0 Å². The molecule has 1 saturated heterocycles. The Kier molecular flexibility index (Phi) is 4.82. The molecule has 2 aromatic rings. The van der Waals surface area contributed by atoms with Gasteiger partial charge < -0.3 is 25.1 Å². The van der Waals surface area contributed by atoms with Gasteiger partial charge in [-0.1, -0.05) is 0 Å².